The van der Waals surface area contributed by atoms with Gasteiger partial charge in [-0.1, -0.05) is 6.08 Å². The Morgan fingerprint density at radius 1 is 1.03 bits per heavy atom. The SMILES string of the molecule is C=CCC(CCC/C(=C/CCCOC1CCCCO1)OC(C)C)OC1CCCCO1. The molecular formula is C25H44O5. The average molecular weight is 425 g/mol. The second kappa shape index (κ2) is 15.9. The Morgan fingerprint density at radius 2 is 1.77 bits per heavy atom. The molecule has 5 nitrogen and oxygen atoms in total. The summed E-state index contributed by atoms with van der Waals surface area (Å²) in [5.74, 6) is 1.09. The van der Waals surface area contributed by atoms with Gasteiger partial charge in [0.15, 0.2) is 12.6 Å². The van der Waals surface area contributed by atoms with Crippen LogP contribution >= 0.6 is 0 Å². The van der Waals surface area contributed by atoms with E-state index in [0.29, 0.717) is 0 Å². The van der Waals surface area contributed by atoms with E-state index in [-0.39, 0.29) is 24.8 Å². The van der Waals surface area contributed by atoms with Gasteiger partial charge in [-0.05, 0) is 90.6 Å². The van der Waals surface area contributed by atoms with E-state index < -0.39 is 0 Å². The third-order valence-corrected chi connectivity index (χ3v) is 5.41. The van der Waals surface area contributed by atoms with Gasteiger partial charge in [0.2, 0.25) is 0 Å². The van der Waals surface area contributed by atoms with Gasteiger partial charge >= 0.3 is 0 Å². The lowest BCUT2D eigenvalue weighted by molar-refractivity contribution is -0.188. The zero-order chi connectivity index (χ0) is 21.4. The van der Waals surface area contributed by atoms with Crippen LogP contribution in [0.5, 0.6) is 0 Å². The molecule has 0 aliphatic carbocycles. The molecule has 2 aliphatic rings. The molecule has 0 amide bonds. The molecule has 0 aromatic heterocycles. The number of rotatable bonds is 15. The van der Waals surface area contributed by atoms with Crippen molar-refractivity contribution in [3.05, 3.63) is 24.5 Å². The van der Waals surface area contributed by atoms with E-state index in [0.717, 1.165) is 89.8 Å². The van der Waals surface area contributed by atoms with Gasteiger partial charge in [0.25, 0.3) is 0 Å². The first-order chi connectivity index (χ1) is 14.7. The van der Waals surface area contributed by atoms with E-state index in [4.69, 9.17) is 23.7 Å². The lowest BCUT2D eigenvalue weighted by Crippen LogP contribution is -2.27. The van der Waals surface area contributed by atoms with Gasteiger partial charge in [-0.3, -0.25) is 0 Å². The highest BCUT2D eigenvalue weighted by Crippen LogP contribution is 2.21. The Kier molecular flexibility index (Phi) is 13.4. The highest BCUT2D eigenvalue weighted by Gasteiger charge is 2.19. The van der Waals surface area contributed by atoms with Crippen LogP contribution in [0.2, 0.25) is 0 Å². The zero-order valence-electron chi connectivity index (χ0n) is 19.3. The van der Waals surface area contributed by atoms with E-state index in [9.17, 15) is 0 Å². The molecule has 0 spiro atoms. The monoisotopic (exact) mass is 424 g/mol. The zero-order valence-corrected chi connectivity index (χ0v) is 19.3. The van der Waals surface area contributed by atoms with Crippen LogP contribution < -0.4 is 0 Å². The van der Waals surface area contributed by atoms with Crippen molar-refractivity contribution in [2.75, 3.05) is 19.8 Å². The molecule has 30 heavy (non-hydrogen) atoms. The second-order valence-electron chi connectivity index (χ2n) is 8.62. The van der Waals surface area contributed by atoms with Crippen LogP contribution in [-0.2, 0) is 23.7 Å². The second-order valence-corrected chi connectivity index (χ2v) is 8.62. The van der Waals surface area contributed by atoms with Crippen LogP contribution in [-0.4, -0.2) is 44.6 Å². The van der Waals surface area contributed by atoms with Gasteiger partial charge in [-0.2, -0.15) is 0 Å². The number of allylic oxidation sites excluding steroid dienone is 2. The summed E-state index contributed by atoms with van der Waals surface area (Å²) in [6.07, 6.45) is 17.0. The molecule has 0 radical (unpaired) electrons. The van der Waals surface area contributed by atoms with Gasteiger partial charge in [0, 0.05) is 19.6 Å². The van der Waals surface area contributed by atoms with Gasteiger partial charge in [-0.25, -0.2) is 0 Å². The number of ether oxygens (including phenoxy) is 5. The molecule has 174 valence electrons. The summed E-state index contributed by atoms with van der Waals surface area (Å²) in [5.41, 5.74) is 0. The summed E-state index contributed by atoms with van der Waals surface area (Å²) >= 11 is 0. The first kappa shape index (κ1) is 25.4. The largest absolute Gasteiger partial charge is 0.496 e. The smallest absolute Gasteiger partial charge is 0.157 e. The van der Waals surface area contributed by atoms with Gasteiger partial charge in [0.05, 0.1) is 24.6 Å². The van der Waals surface area contributed by atoms with Crippen LogP contribution in [0.4, 0.5) is 0 Å². The van der Waals surface area contributed by atoms with E-state index in [1.807, 2.05) is 6.08 Å². The normalized spacial score (nSPS) is 24.0. The van der Waals surface area contributed by atoms with E-state index in [2.05, 4.69) is 26.5 Å². The van der Waals surface area contributed by atoms with Gasteiger partial charge in [0.1, 0.15) is 0 Å². The molecule has 3 unspecified atom stereocenters. The fraction of sp³-hybridized carbons (Fsp3) is 0.840. The van der Waals surface area contributed by atoms with Crippen molar-refractivity contribution in [1.29, 1.82) is 0 Å². The summed E-state index contributed by atoms with van der Waals surface area (Å²) in [5, 5.41) is 0. The molecule has 0 aromatic rings. The minimum absolute atomic E-state index is 0.00375. The van der Waals surface area contributed by atoms with Crippen molar-refractivity contribution in [1.82, 2.24) is 0 Å². The van der Waals surface area contributed by atoms with Crippen LogP contribution in [0.25, 0.3) is 0 Å². The third kappa shape index (κ3) is 11.5. The molecule has 2 aliphatic heterocycles. The molecule has 0 N–H and O–H groups in total. The van der Waals surface area contributed by atoms with Crippen molar-refractivity contribution < 1.29 is 23.7 Å². The maximum Gasteiger partial charge on any atom is 0.157 e. The van der Waals surface area contributed by atoms with Crippen molar-refractivity contribution >= 4 is 0 Å². The van der Waals surface area contributed by atoms with Crippen molar-refractivity contribution in [2.24, 2.45) is 0 Å². The summed E-state index contributed by atoms with van der Waals surface area (Å²) in [6.45, 7) is 10.5. The maximum atomic E-state index is 6.18. The van der Waals surface area contributed by atoms with Crippen LogP contribution in [0.15, 0.2) is 24.5 Å². The van der Waals surface area contributed by atoms with Crippen LogP contribution in [0.1, 0.15) is 90.9 Å². The Hall–Kier alpha value is -0.880. The molecule has 0 bridgehead atoms. The maximum absolute atomic E-state index is 6.18. The minimum Gasteiger partial charge on any atom is -0.496 e. The van der Waals surface area contributed by atoms with E-state index >= 15 is 0 Å². The molecule has 2 saturated heterocycles. The first-order valence-corrected chi connectivity index (χ1v) is 12.1. The van der Waals surface area contributed by atoms with Crippen molar-refractivity contribution in [2.45, 2.75) is 116 Å². The quantitative estimate of drug-likeness (QED) is 0.176. The highest BCUT2D eigenvalue weighted by molar-refractivity contribution is 4.94. The topological polar surface area (TPSA) is 46.2 Å². The molecule has 2 rings (SSSR count). The van der Waals surface area contributed by atoms with E-state index in [1.165, 1.54) is 12.8 Å². The molecule has 2 fully saturated rings. The van der Waals surface area contributed by atoms with E-state index in [1.54, 1.807) is 0 Å². The lowest BCUT2D eigenvalue weighted by Gasteiger charge is -2.27. The summed E-state index contributed by atoms with van der Waals surface area (Å²) in [6, 6.07) is 0. The van der Waals surface area contributed by atoms with Gasteiger partial charge < -0.3 is 23.7 Å². The summed E-state index contributed by atoms with van der Waals surface area (Å²) < 4.78 is 29.4. The van der Waals surface area contributed by atoms with Crippen LogP contribution in [0, 0.1) is 0 Å². The molecule has 0 saturated carbocycles. The molecule has 2 heterocycles. The molecule has 3 atom stereocenters. The summed E-state index contributed by atoms with van der Waals surface area (Å²) in [4.78, 5) is 0. The lowest BCUT2D eigenvalue weighted by atomic mass is 10.1. The Balaban J connectivity index is 1.67. The fourth-order valence-electron chi connectivity index (χ4n) is 3.88. The minimum atomic E-state index is -0.0428. The molecule has 0 aromatic carbocycles. The number of hydrogen-bond donors (Lipinski definition) is 0. The number of hydrogen-bond acceptors (Lipinski definition) is 5. The Bertz CT molecular complexity index is 464. The van der Waals surface area contributed by atoms with Crippen molar-refractivity contribution in [3.63, 3.8) is 0 Å². The highest BCUT2D eigenvalue weighted by atomic mass is 16.7. The van der Waals surface area contributed by atoms with Gasteiger partial charge in [-0.15, -0.1) is 6.58 Å². The van der Waals surface area contributed by atoms with Crippen LogP contribution in [0.3, 0.4) is 0 Å². The first-order valence-electron chi connectivity index (χ1n) is 12.1. The standard InChI is InChI=1S/C25H44O5/c1-4-12-22(30-25-17-7-10-20-28-25)14-11-15-23(29-21(2)3)13-5-8-18-26-24-16-6-9-19-27-24/h4,13,21-22,24-25H,1,5-12,14-20H2,2-3H3/b23-13-. The predicted molar refractivity (Wildman–Crippen MR) is 120 cm³/mol. The summed E-state index contributed by atoms with van der Waals surface area (Å²) in [7, 11) is 0. The third-order valence-electron chi connectivity index (χ3n) is 5.41. The predicted octanol–water partition coefficient (Wildman–Crippen LogP) is 6.28. The Labute approximate surface area is 184 Å². The number of unbranched alkanes of at least 4 members (excludes halogenated alkanes) is 1. The van der Waals surface area contributed by atoms with Crippen molar-refractivity contribution in [3.8, 4) is 0 Å². The molecular weight excluding hydrogens is 380 g/mol. The fourth-order valence-corrected chi connectivity index (χ4v) is 3.88. The Morgan fingerprint density at radius 3 is 2.40 bits per heavy atom. The average Bonchev–Trinajstić information content (AvgIpc) is 2.74. The molecule has 5 heteroatoms.